The fraction of sp³-hybridized carbons (Fsp3) is 0.364. The Morgan fingerprint density at radius 1 is 1.50 bits per heavy atom. The van der Waals surface area contributed by atoms with E-state index in [1.54, 1.807) is 16.8 Å². The Morgan fingerprint density at radius 3 is 2.83 bits per heavy atom. The van der Waals surface area contributed by atoms with Crippen molar-refractivity contribution in [2.24, 2.45) is 0 Å². The highest BCUT2D eigenvalue weighted by Gasteiger charge is 2.23. The summed E-state index contributed by atoms with van der Waals surface area (Å²) in [6.07, 6.45) is 1.29. The van der Waals surface area contributed by atoms with E-state index in [0.29, 0.717) is 18.9 Å². The number of carbonyl (C=O) groups excluding carboxylic acids is 1. The monoisotopic (exact) mass is 269 g/mol. The summed E-state index contributed by atoms with van der Waals surface area (Å²) in [6, 6.07) is 1.39. The van der Waals surface area contributed by atoms with Gasteiger partial charge in [0.15, 0.2) is 0 Å². The smallest absolute Gasteiger partial charge is 0.337 e. The summed E-state index contributed by atoms with van der Waals surface area (Å²) in [4.78, 5) is 30.0. The second-order valence-electron chi connectivity index (χ2n) is 4.06. The van der Waals surface area contributed by atoms with Crippen molar-refractivity contribution >= 4 is 29.3 Å². The quantitative estimate of drug-likeness (QED) is 0.856. The fourth-order valence-corrected chi connectivity index (χ4v) is 1.90. The molecule has 96 valence electrons. The minimum Gasteiger partial charge on any atom is -0.478 e. The standard InChI is InChI=1S/C11H12ClN3O3/c1-14-2-3-15(6-10(14)16)9-4-7(11(17)18)8(12)5-13-9/h4-5H,2-3,6H2,1H3,(H,17,18). The molecule has 0 aliphatic carbocycles. The minimum atomic E-state index is -1.11. The van der Waals surface area contributed by atoms with Gasteiger partial charge in [-0.2, -0.15) is 0 Å². The fourth-order valence-electron chi connectivity index (χ4n) is 1.72. The van der Waals surface area contributed by atoms with Gasteiger partial charge in [-0.25, -0.2) is 9.78 Å². The maximum Gasteiger partial charge on any atom is 0.337 e. The molecule has 0 saturated carbocycles. The molecular formula is C11H12ClN3O3. The van der Waals surface area contributed by atoms with Crippen molar-refractivity contribution in [1.82, 2.24) is 9.88 Å². The molecule has 2 rings (SSSR count). The van der Waals surface area contributed by atoms with Gasteiger partial charge in [0, 0.05) is 26.3 Å². The van der Waals surface area contributed by atoms with Crippen LogP contribution < -0.4 is 4.90 Å². The molecule has 0 radical (unpaired) electrons. The zero-order valence-corrected chi connectivity index (χ0v) is 10.5. The van der Waals surface area contributed by atoms with Crippen molar-refractivity contribution in [2.75, 3.05) is 31.6 Å². The summed E-state index contributed by atoms with van der Waals surface area (Å²) < 4.78 is 0. The molecule has 6 nitrogen and oxygen atoms in total. The number of nitrogens with zero attached hydrogens (tertiary/aromatic N) is 3. The van der Waals surface area contributed by atoms with Gasteiger partial charge in [-0.05, 0) is 6.07 Å². The largest absolute Gasteiger partial charge is 0.478 e. The summed E-state index contributed by atoms with van der Waals surface area (Å²) in [6.45, 7) is 1.41. The summed E-state index contributed by atoms with van der Waals surface area (Å²) in [5.74, 6) is -0.669. The minimum absolute atomic E-state index is 0.00644. The molecular weight excluding hydrogens is 258 g/mol. The molecule has 7 heteroatoms. The molecule has 1 aliphatic heterocycles. The van der Waals surface area contributed by atoms with E-state index >= 15 is 0 Å². The number of anilines is 1. The SMILES string of the molecule is CN1CCN(c2cc(C(=O)O)c(Cl)cn2)CC1=O. The van der Waals surface area contributed by atoms with Gasteiger partial charge in [0.25, 0.3) is 0 Å². The van der Waals surface area contributed by atoms with E-state index in [1.165, 1.54) is 12.3 Å². The number of carboxylic acid groups (broad SMARTS) is 1. The number of carbonyl (C=O) groups is 2. The summed E-state index contributed by atoms with van der Waals surface area (Å²) in [7, 11) is 1.73. The molecule has 1 fully saturated rings. The zero-order chi connectivity index (χ0) is 13.3. The number of hydrogen-bond donors (Lipinski definition) is 1. The van der Waals surface area contributed by atoms with Crippen LogP contribution in [0.15, 0.2) is 12.3 Å². The maximum atomic E-state index is 11.6. The van der Waals surface area contributed by atoms with E-state index in [9.17, 15) is 9.59 Å². The van der Waals surface area contributed by atoms with E-state index in [-0.39, 0.29) is 23.0 Å². The summed E-state index contributed by atoms with van der Waals surface area (Å²) >= 11 is 5.74. The predicted molar refractivity (Wildman–Crippen MR) is 66.1 cm³/mol. The Kier molecular flexibility index (Phi) is 3.38. The van der Waals surface area contributed by atoms with Crippen LogP contribution in [0, 0.1) is 0 Å². The summed E-state index contributed by atoms with van der Waals surface area (Å²) in [5, 5.41) is 9.07. The number of aromatic nitrogens is 1. The van der Waals surface area contributed by atoms with Crippen LogP contribution in [0.2, 0.25) is 5.02 Å². The van der Waals surface area contributed by atoms with Crippen molar-refractivity contribution in [2.45, 2.75) is 0 Å². The number of rotatable bonds is 2. The van der Waals surface area contributed by atoms with Crippen LogP contribution in [0.3, 0.4) is 0 Å². The second kappa shape index (κ2) is 4.81. The molecule has 0 aromatic carbocycles. The molecule has 1 aromatic rings. The number of pyridine rings is 1. The highest BCUT2D eigenvalue weighted by atomic mass is 35.5. The van der Waals surface area contributed by atoms with Crippen LogP contribution >= 0.6 is 11.6 Å². The van der Waals surface area contributed by atoms with E-state index in [2.05, 4.69) is 4.98 Å². The number of aromatic carboxylic acids is 1. The van der Waals surface area contributed by atoms with Crippen LogP contribution in [0.1, 0.15) is 10.4 Å². The first-order valence-electron chi connectivity index (χ1n) is 5.37. The van der Waals surface area contributed by atoms with Crippen LogP contribution in [-0.2, 0) is 4.79 Å². The van der Waals surface area contributed by atoms with E-state index in [0.717, 1.165) is 0 Å². The Labute approximate surface area is 109 Å². The molecule has 1 amide bonds. The Bertz CT molecular complexity index is 506. The zero-order valence-electron chi connectivity index (χ0n) is 9.76. The van der Waals surface area contributed by atoms with Crippen molar-refractivity contribution < 1.29 is 14.7 Å². The second-order valence-corrected chi connectivity index (χ2v) is 4.47. The average molecular weight is 270 g/mol. The molecule has 1 saturated heterocycles. The molecule has 0 bridgehead atoms. The molecule has 0 spiro atoms. The highest BCUT2D eigenvalue weighted by molar-refractivity contribution is 6.33. The van der Waals surface area contributed by atoms with Crippen LogP contribution in [-0.4, -0.2) is 53.5 Å². The number of carboxylic acids is 1. The number of hydrogen-bond acceptors (Lipinski definition) is 4. The van der Waals surface area contributed by atoms with Gasteiger partial charge in [0.2, 0.25) is 5.91 Å². The van der Waals surface area contributed by atoms with Gasteiger partial charge in [-0.1, -0.05) is 11.6 Å². The Hall–Kier alpha value is -1.82. The lowest BCUT2D eigenvalue weighted by Gasteiger charge is -2.32. The first kappa shape index (κ1) is 12.6. The van der Waals surface area contributed by atoms with Crippen molar-refractivity contribution in [3.63, 3.8) is 0 Å². The van der Waals surface area contributed by atoms with Crippen molar-refractivity contribution in [1.29, 1.82) is 0 Å². The highest BCUT2D eigenvalue weighted by Crippen LogP contribution is 2.21. The molecule has 18 heavy (non-hydrogen) atoms. The van der Waals surface area contributed by atoms with Gasteiger partial charge >= 0.3 is 5.97 Å². The lowest BCUT2D eigenvalue weighted by Crippen LogP contribution is -2.48. The normalized spacial score (nSPS) is 16.0. The third kappa shape index (κ3) is 2.38. The van der Waals surface area contributed by atoms with Gasteiger partial charge in [0.05, 0.1) is 17.1 Å². The number of likely N-dealkylation sites (N-methyl/N-ethyl adjacent to an activating group) is 1. The van der Waals surface area contributed by atoms with Gasteiger partial charge in [0.1, 0.15) is 5.82 Å². The molecule has 1 N–H and O–H groups in total. The van der Waals surface area contributed by atoms with Gasteiger partial charge in [-0.15, -0.1) is 0 Å². The third-order valence-electron chi connectivity index (χ3n) is 2.85. The van der Waals surface area contributed by atoms with Crippen molar-refractivity contribution in [3.8, 4) is 0 Å². The van der Waals surface area contributed by atoms with Gasteiger partial charge < -0.3 is 14.9 Å². The number of piperazine rings is 1. The lowest BCUT2D eigenvalue weighted by atomic mass is 10.2. The Morgan fingerprint density at radius 2 is 2.22 bits per heavy atom. The molecule has 0 unspecified atom stereocenters. The Balaban J connectivity index is 2.26. The van der Waals surface area contributed by atoms with Crippen LogP contribution in [0.4, 0.5) is 5.82 Å². The average Bonchev–Trinajstić information content (AvgIpc) is 2.33. The van der Waals surface area contributed by atoms with E-state index < -0.39 is 5.97 Å². The predicted octanol–water partition coefficient (Wildman–Crippen LogP) is 0.712. The topological polar surface area (TPSA) is 73.7 Å². The van der Waals surface area contributed by atoms with E-state index in [4.69, 9.17) is 16.7 Å². The van der Waals surface area contributed by atoms with Crippen LogP contribution in [0.5, 0.6) is 0 Å². The van der Waals surface area contributed by atoms with E-state index in [1.807, 2.05) is 0 Å². The maximum absolute atomic E-state index is 11.6. The third-order valence-corrected chi connectivity index (χ3v) is 3.15. The molecule has 0 atom stereocenters. The number of halogens is 1. The van der Waals surface area contributed by atoms with Crippen LogP contribution in [0.25, 0.3) is 0 Å². The molecule has 1 aromatic heterocycles. The molecule has 1 aliphatic rings. The number of amides is 1. The van der Waals surface area contributed by atoms with Crippen molar-refractivity contribution in [3.05, 3.63) is 22.8 Å². The first-order chi connectivity index (χ1) is 8.49. The first-order valence-corrected chi connectivity index (χ1v) is 5.74. The van der Waals surface area contributed by atoms with Gasteiger partial charge in [-0.3, -0.25) is 4.79 Å². The summed E-state index contributed by atoms with van der Waals surface area (Å²) in [5.41, 5.74) is -0.00644. The molecule has 2 heterocycles. The lowest BCUT2D eigenvalue weighted by molar-refractivity contribution is -0.129.